The van der Waals surface area contributed by atoms with Crippen molar-refractivity contribution in [1.29, 1.82) is 5.26 Å². The van der Waals surface area contributed by atoms with Crippen LogP contribution in [0.2, 0.25) is 0 Å². The Balaban J connectivity index is 3.20. The Morgan fingerprint density at radius 3 is 2.80 bits per heavy atom. The second-order valence-corrected chi connectivity index (χ2v) is 3.02. The summed E-state index contributed by atoms with van der Waals surface area (Å²) in [4.78, 5) is 9.91. The second kappa shape index (κ2) is 4.53. The van der Waals surface area contributed by atoms with Gasteiger partial charge in [-0.05, 0) is 18.6 Å². The van der Waals surface area contributed by atoms with E-state index in [2.05, 4.69) is 6.92 Å². The summed E-state index contributed by atoms with van der Waals surface area (Å²) in [5.74, 6) is -0.377. The number of hydrogen-bond acceptors (Lipinski definition) is 4. The molecular weight excluding hydrogens is 196 g/mol. The first-order valence-electron chi connectivity index (χ1n) is 4.22. The molecule has 1 N–H and O–H groups in total. The SMILES string of the molecule is [CH2]C(CO)c1ccc([N+](=O)[O-])c(C#N)c1. The number of hydrogen-bond donors (Lipinski definition) is 1. The first kappa shape index (κ1) is 11.1. The van der Waals surface area contributed by atoms with E-state index in [0.717, 1.165) is 0 Å². The Bertz CT molecular complexity index is 423. The van der Waals surface area contributed by atoms with Crippen LogP contribution in [0.1, 0.15) is 17.0 Å². The van der Waals surface area contributed by atoms with Gasteiger partial charge in [-0.2, -0.15) is 5.26 Å². The van der Waals surface area contributed by atoms with Crippen LogP contribution < -0.4 is 0 Å². The molecule has 5 heteroatoms. The van der Waals surface area contributed by atoms with Crippen LogP contribution in [-0.2, 0) is 0 Å². The molecule has 77 valence electrons. The van der Waals surface area contributed by atoms with E-state index in [1.54, 1.807) is 6.07 Å². The van der Waals surface area contributed by atoms with E-state index >= 15 is 0 Å². The van der Waals surface area contributed by atoms with Crippen molar-refractivity contribution < 1.29 is 10.0 Å². The molecule has 0 aromatic heterocycles. The third-order valence-electron chi connectivity index (χ3n) is 2.03. The molecule has 1 rings (SSSR count). The molecule has 0 heterocycles. The van der Waals surface area contributed by atoms with E-state index in [0.29, 0.717) is 5.56 Å². The summed E-state index contributed by atoms with van der Waals surface area (Å²) < 4.78 is 0. The molecular formula is C10H9N2O3. The highest BCUT2D eigenvalue weighted by Gasteiger charge is 2.15. The molecule has 1 aromatic carbocycles. The molecule has 0 amide bonds. The molecule has 0 aliphatic rings. The number of benzene rings is 1. The Labute approximate surface area is 86.7 Å². The van der Waals surface area contributed by atoms with Gasteiger partial charge in [0.15, 0.2) is 0 Å². The van der Waals surface area contributed by atoms with Crippen LogP contribution in [0.3, 0.4) is 0 Å². The summed E-state index contributed by atoms with van der Waals surface area (Å²) in [6.07, 6.45) is 0. The fourth-order valence-corrected chi connectivity index (χ4v) is 1.16. The minimum Gasteiger partial charge on any atom is -0.396 e. The van der Waals surface area contributed by atoms with Gasteiger partial charge in [0.2, 0.25) is 0 Å². The number of nitrogens with zero attached hydrogens (tertiary/aromatic N) is 2. The highest BCUT2D eigenvalue weighted by atomic mass is 16.6. The molecule has 1 aromatic rings. The zero-order valence-corrected chi connectivity index (χ0v) is 7.88. The molecule has 0 spiro atoms. The standard InChI is InChI=1S/C10H9N2O3/c1-7(6-13)8-2-3-10(12(14)15)9(4-8)5-11/h2-4,7,13H,1,6H2. The van der Waals surface area contributed by atoms with Gasteiger partial charge in [0.25, 0.3) is 5.69 Å². The molecule has 0 fully saturated rings. The number of aliphatic hydroxyl groups is 1. The van der Waals surface area contributed by atoms with Gasteiger partial charge in [-0.3, -0.25) is 10.1 Å². The summed E-state index contributed by atoms with van der Waals surface area (Å²) in [7, 11) is 0. The first-order valence-corrected chi connectivity index (χ1v) is 4.22. The van der Waals surface area contributed by atoms with Crippen LogP contribution in [-0.4, -0.2) is 16.6 Å². The van der Waals surface area contributed by atoms with Crippen molar-refractivity contribution in [1.82, 2.24) is 0 Å². The van der Waals surface area contributed by atoms with Gasteiger partial charge >= 0.3 is 0 Å². The molecule has 1 atom stereocenters. The zero-order chi connectivity index (χ0) is 11.4. The van der Waals surface area contributed by atoms with E-state index in [4.69, 9.17) is 10.4 Å². The minimum atomic E-state index is -0.612. The van der Waals surface area contributed by atoms with Gasteiger partial charge in [0.1, 0.15) is 11.6 Å². The average Bonchev–Trinajstić information content (AvgIpc) is 2.26. The molecule has 0 aliphatic heterocycles. The summed E-state index contributed by atoms with van der Waals surface area (Å²) in [5.41, 5.74) is 0.366. The second-order valence-electron chi connectivity index (χ2n) is 3.02. The van der Waals surface area contributed by atoms with Crippen molar-refractivity contribution in [3.8, 4) is 6.07 Å². The highest BCUT2D eigenvalue weighted by Crippen LogP contribution is 2.23. The maximum absolute atomic E-state index is 10.5. The molecule has 0 saturated carbocycles. The van der Waals surface area contributed by atoms with Crippen molar-refractivity contribution in [2.24, 2.45) is 0 Å². The van der Waals surface area contributed by atoms with Crippen molar-refractivity contribution >= 4 is 5.69 Å². The summed E-state index contributed by atoms with van der Waals surface area (Å²) in [6, 6.07) is 5.87. The topological polar surface area (TPSA) is 87.2 Å². The lowest BCUT2D eigenvalue weighted by Gasteiger charge is -2.07. The number of nitro groups is 1. The Kier molecular flexibility index (Phi) is 3.37. The lowest BCUT2D eigenvalue weighted by molar-refractivity contribution is -0.385. The Morgan fingerprint density at radius 1 is 1.67 bits per heavy atom. The van der Waals surface area contributed by atoms with E-state index in [9.17, 15) is 10.1 Å². The van der Waals surface area contributed by atoms with Gasteiger partial charge in [-0.1, -0.05) is 6.07 Å². The first-order chi connectivity index (χ1) is 7.10. The zero-order valence-electron chi connectivity index (χ0n) is 7.88. The van der Waals surface area contributed by atoms with Crippen LogP contribution >= 0.6 is 0 Å². The fraction of sp³-hybridized carbons (Fsp3) is 0.200. The maximum atomic E-state index is 10.5. The lowest BCUT2D eigenvalue weighted by Crippen LogP contribution is -2.01. The summed E-state index contributed by atoms with van der Waals surface area (Å²) in [6.45, 7) is 3.48. The lowest BCUT2D eigenvalue weighted by atomic mass is 9.99. The van der Waals surface area contributed by atoms with E-state index in [-0.39, 0.29) is 23.8 Å². The van der Waals surface area contributed by atoms with Gasteiger partial charge < -0.3 is 5.11 Å². The number of nitriles is 1. The molecule has 1 radical (unpaired) electrons. The predicted octanol–water partition coefficient (Wildman–Crippen LogP) is 1.38. The van der Waals surface area contributed by atoms with E-state index < -0.39 is 4.92 Å². The van der Waals surface area contributed by atoms with Crippen molar-refractivity contribution in [2.75, 3.05) is 6.61 Å². The monoisotopic (exact) mass is 205 g/mol. The highest BCUT2D eigenvalue weighted by molar-refractivity contribution is 5.51. The third kappa shape index (κ3) is 2.30. The Morgan fingerprint density at radius 2 is 2.33 bits per heavy atom. The minimum absolute atomic E-state index is 0.0143. The summed E-state index contributed by atoms with van der Waals surface area (Å²) in [5, 5.41) is 28.1. The molecule has 15 heavy (non-hydrogen) atoms. The maximum Gasteiger partial charge on any atom is 0.287 e. The number of nitro benzene ring substituents is 1. The molecule has 0 saturated heterocycles. The van der Waals surface area contributed by atoms with Crippen molar-refractivity contribution in [2.45, 2.75) is 5.92 Å². The van der Waals surface area contributed by atoms with Crippen LogP contribution in [0, 0.1) is 28.4 Å². The molecule has 1 unspecified atom stereocenters. The van der Waals surface area contributed by atoms with Gasteiger partial charge in [-0.15, -0.1) is 0 Å². The number of rotatable bonds is 3. The van der Waals surface area contributed by atoms with E-state index in [1.807, 2.05) is 0 Å². The Hall–Kier alpha value is -1.93. The third-order valence-corrected chi connectivity index (χ3v) is 2.03. The van der Waals surface area contributed by atoms with E-state index in [1.165, 1.54) is 18.2 Å². The normalized spacial score (nSPS) is 11.8. The van der Waals surface area contributed by atoms with Gasteiger partial charge in [0.05, 0.1) is 4.92 Å². The quantitative estimate of drug-likeness (QED) is 0.596. The average molecular weight is 205 g/mol. The fourth-order valence-electron chi connectivity index (χ4n) is 1.16. The largest absolute Gasteiger partial charge is 0.396 e. The predicted molar refractivity (Wildman–Crippen MR) is 53.0 cm³/mol. The molecule has 0 aliphatic carbocycles. The van der Waals surface area contributed by atoms with Crippen LogP contribution in [0.15, 0.2) is 18.2 Å². The van der Waals surface area contributed by atoms with Crippen molar-refractivity contribution in [3.63, 3.8) is 0 Å². The van der Waals surface area contributed by atoms with Crippen LogP contribution in [0.25, 0.3) is 0 Å². The van der Waals surface area contributed by atoms with Crippen LogP contribution in [0.5, 0.6) is 0 Å². The van der Waals surface area contributed by atoms with Crippen molar-refractivity contribution in [3.05, 3.63) is 46.4 Å². The number of aliphatic hydroxyl groups excluding tert-OH is 1. The molecule has 0 bridgehead atoms. The molecule has 5 nitrogen and oxygen atoms in total. The van der Waals surface area contributed by atoms with Gasteiger partial charge in [0, 0.05) is 18.6 Å². The van der Waals surface area contributed by atoms with Crippen LogP contribution in [0.4, 0.5) is 5.69 Å². The summed E-state index contributed by atoms with van der Waals surface area (Å²) >= 11 is 0. The van der Waals surface area contributed by atoms with Gasteiger partial charge in [-0.25, -0.2) is 0 Å². The smallest absolute Gasteiger partial charge is 0.287 e.